The summed E-state index contributed by atoms with van der Waals surface area (Å²) >= 11 is 0. The van der Waals surface area contributed by atoms with E-state index in [0.29, 0.717) is 17.0 Å². The van der Waals surface area contributed by atoms with Gasteiger partial charge in [-0.05, 0) is 30.7 Å². The molecule has 4 heteroatoms. The zero-order chi connectivity index (χ0) is 13.1. The molecule has 0 aliphatic rings. The molecule has 0 aromatic heterocycles. The highest BCUT2D eigenvalue weighted by Gasteiger charge is 2.09. The molecule has 0 saturated carbocycles. The van der Waals surface area contributed by atoms with E-state index in [0.717, 1.165) is 5.56 Å². The molecular formula is C14H12N2O2. The number of nitrogen functional groups attached to an aromatic ring is 1. The maximum absolute atomic E-state index is 9.78. The van der Waals surface area contributed by atoms with E-state index < -0.39 is 0 Å². The highest BCUT2D eigenvalue weighted by molar-refractivity contribution is 5.58. The first-order valence-electron chi connectivity index (χ1n) is 5.38. The number of hydrogen-bond donors (Lipinski definition) is 2. The Morgan fingerprint density at radius 3 is 2.67 bits per heavy atom. The molecule has 0 unspecified atom stereocenters. The Morgan fingerprint density at radius 1 is 1.22 bits per heavy atom. The lowest BCUT2D eigenvalue weighted by molar-refractivity contribution is 0.410. The van der Waals surface area contributed by atoms with Crippen molar-refractivity contribution in [1.82, 2.24) is 0 Å². The van der Waals surface area contributed by atoms with Crippen LogP contribution in [0.25, 0.3) is 0 Å². The number of aromatic hydroxyl groups is 1. The van der Waals surface area contributed by atoms with Crippen molar-refractivity contribution in [2.45, 2.75) is 6.92 Å². The monoisotopic (exact) mass is 240 g/mol. The van der Waals surface area contributed by atoms with Gasteiger partial charge in [0.05, 0.1) is 5.56 Å². The summed E-state index contributed by atoms with van der Waals surface area (Å²) in [5.74, 6) is 0.619. The highest BCUT2D eigenvalue weighted by atomic mass is 16.5. The van der Waals surface area contributed by atoms with Crippen LogP contribution in [0.2, 0.25) is 0 Å². The zero-order valence-corrected chi connectivity index (χ0v) is 9.84. The van der Waals surface area contributed by atoms with Gasteiger partial charge < -0.3 is 15.6 Å². The third kappa shape index (κ3) is 2.20. The molecule has 0 aliphatic heterocycles. The topological polar surface area (TPSA) is 79.3 Å². The lowest BCUT2D eigenvalue weighted by atomic mass is 10.2. The molecule has 90 valence electrons. The fourth-order valence-corrected chi connectivity index (χ4v) is 1.54. The normalized spacial score (nSPS) is 9.78. The molecule has 4 nitrogen and oxygen atoms in total. The van der Waals surface area contributed by atoms with Crippen LogP contribution in [-0.2, 0) is 0 Å². The molecule has 0 atom stereocenters. The zero-order valence-electron chi connectivity index (χ0n) is 9.84. The van der Waals surface area contributed by atoms with Gasteiger partial charge in [-0.15, -0.1) is 0 Å². The molecule has 3 N–H and O–H groups in total. The highest BCUT2D eigenvalue weighted by Crippen LogP contribution is 2.35. The Hall–Kier alpha value is -2.67. The summed E-state index contributed by atoms with van der Waals surface area (Å²) < 4.78 is 5.51. The van der Waals surface area contributed by atoms with Crippen LogP contribution in [0.4, 0.5) is 5.69 Å². The third-order valence-corrected chi connectivity index (χ3v) is 2.58. The number of hydrogen-bond acceptors (Lipinski definition) is 4. The maximum Gasteiger partial charge on any atom is 0.171 e. The predicted molar refractivity (Wildman–Crippen MR) is 68.5 cm³/mol. The van der Waals surface area contributed by atoms with Crippen molar-refractivity contribution in [3.63, 3.8) is 0 Å². The summed E-state index contributed by atoms with van der Waals surface area (Å²) in [7, 11) is 0. The van der Waals surface area contributed by atoms with Crippen LogP contribution >= 0.6 is 0 Å². The van der Waals surface area contributed by atoms with E-state index in [9.17, 15) is 5.11 Å². The smallest absolute Gasteiger partial charge is 0.171 e. The van der Waals surface area contributed by atoms with Crippen LogP contribution < -0.4 is 10.5 Å². The van der Waals surface area contributed by atoms with Crippen molar-refractivity contribution in [3.05, 3.63) is 47.5 Å². The van der Waals surface area contributed by atoms with Gasteiger partial charge in [-0.3, -0.25) is 0 Å². The Kier molecular flexibility index (Phi) is 3.07. The van der Waals surface area contributed by atoms with Gasteiger partial charge in [-0.25, -0.2) is 0 Å². The van der Waals surface area contributed by atoms with Crippen molar-refractivity contribution < 1.29 is 9.84 Å². The van der Waals surface area contributed by atoms with Crippen molar-refractivity contribution in [1.29, 1.82) is 5.26 Å². The number of nitrogens with zero attached hydrogens (tertiary/aromatic N) is 1. The van der Waals surface area contributed by atoms with Gasteiger partial charge in [0.1, 0.15) is 11.8 Å². The van der Waals surface area contributed by atoms with E-state index in [4.69, 9.17) is 15.7 Å². The SMILES string of the molecule is Cc1cc(O)c(Oc2ccccc2C#N)cc1N. The van der Waals surface area contributed by atoms with E-state index in [1.807, 2.05) is 6.07 Å². The fourth-order valence-electron chi connectivity index (χ4n) is 1.54. The minimum Gasteiger partial charge on any atom is -0.504 e. The van der Waals surface area contributed by atoms with Crippen molar-refractivity contribution in [2.24, 2.45) is 0 Å². The average Bonchev–Trinajstić information content (AvgIpc) is 2.36. The first-order chi connectivity index (χ1) is 8.61. The largest absolute Gasteiger partial charge is 0.504 e. The molecule has 0 amide bonds. The second kappa shape index (κ2) is 4.68. The molecule has 0 spiro atoms. The number of benzene rings is 2. The van der Waals surface area contributed by atoms with E-state index in [2.05, 4.69) is 0 Å². The summed E-state index contributed by atoms with van der Waals surface area (Å²) in [6.07, 6.45) is 0. The van der Waals surface area contributed by atoms with Crippen LogP contribution in [-0.4, -0.2) is 5.11 Å². The molecule has 2 rings (SSSR count). The molecule has 18 heavy (non-hydrogen) atoms. The number of phenolic OH excluding ortho intramolecular Hbond substituents is 1. The van der Waals surface area contributed by atoms with E-state index in [1.165, 1.54) is 6.07 Å². The Labute approximate surface area is 105 Å². The number of ether oxygens (including phenoxy) is 1. The van der Waals surface area contributed by atoms with Crippen molar-refractivity contribution in [2.75, 3.05) is 5.73 Å². The van der Waals surface area contributed by atoms with Crippen LogP contribution in [0.15, 0.2) is 36.4 Å². The van der Waals surface area contributed by atoms with Gasteiger partial charge in [0.25, 0.3) is 0 Å². The van der Waals surface area contributed by atoms with Gasteiger partial charge >= 0.3 is 0 Å². The third-order valence-electron chi connectivity index (χ3n) is 2.58. The van der Waals surface area contributed by atoms with Crippen LogP contribution in [0.1, 0.15) is 11.1 Å². The molecular weight excluding hydrogens is 228 g/mol. The molecule has 2 aromatic rings. The minimum atomic E-state index is -0.00515. The maximum atomic E-state index is 9.78. The molecule has 0 heterocycles. The number of anilines is 1. The summed E-state index contributed by atoms with van der Waals surface area (Å²) in [6.45, 7) is 1.79. The van der Waals surface area contributed by atoms with Crippen molar-refractivity contribution in [3.8, 4) is 23.3 Å². The fraction of sp³-hybridized carbons (Fsp3) is 0.0714. The number of rotatable bonds is 2. The summed E-state index contributed by atoms with van der Waals surface area (Å²) in [6, 6.07) is 11.9. The number of para-hydroxylation sites is 1. The Bertz CT molecular complexity index is 630. The van der Waals surface area contributed by atoms with Crippen LogP contribution in [0, 0.1) is 18.3 Å². The van der Waals surface area contributed by atoms with E-state index >= 15 is 0 Å². The Balaban J connectivity index is 2.41. The van der Waals surface area contributed by atoms with E-state index in [-0.39, 0.29) is 11.5 Å². The second-order valence-electron chi connectivity index (χ2n) is 3.89. The quantitative estimate of drug-likeness (QED) is 0.624. The lowest BCUT2D eigenvalue weighted by Crippen LogP contribution is -1.93. The molecule has 0 bridgehead atoms. The molecule has 0 saturated heterocycles. The number of nitriles is 1. The number of aryl methyl sites for hydroxylation is 1. The van der Waals surface area contributed by atoms with Crippen LogP contribution in [0.3, 0.4) is 0 Å². The standard InChI is InChI=1S/C14H12N2O2/c1-9-6-12(17)14(7-11(9)16)18-13-5-3-2-4-10(13)8-15/h2-7,17H,16H2,1H3. The minimum absolute atomic E-state index is 0.00515. The summed E-state index contributed by atoms with van der Waals surface area (Å²) in [4.78, 5) is 0. The molecule has 0 fully saturated rings. The Morgan fingerprint density at radius 2 is 1.94 bits per heavy atom. The van der Waals surface area contributed by atoms with Crippen LogP contribution in [0.5, 0.6) is 17.2 Å². The van der Waals surface area contributed by atoms with Gasteiger partial charge in [0.2, 0.25) is 0 Å². The predicted octanol–water partition coefficient (Wildman–Crippen LogP) is 2.95. The van der Waals surface area contributed by atoms with E-state index in [1.54, 1.807) is 37.3 Å². The van der Waals surface area contributed by atoms with Gasteiger partial charge in [0.15, 0.2) is 11.5 Å². The van der Waals surface area contributed by atoms with Gasteiger partial charge in [-0.2, -0.15) is 5.26 Å². The first kappa shape index (κ1) is 11.8. The molecule has 2 aromatic carbocycles. The number of nitrogens with two attached hydrogens (primary N) is 1. The van der Waals surface area contributed by atoms with Crippen molar-refractivity contribution >= 4 is 5.69 Å². The summed E-state index contributed by atoms with van der Waals surface area (Å²) in [5.41, 5.74) is 7.45. The number of phenols is 1. The summed E-state index contributed by atoms with van der Waals surface area (Å²) in [5, 5.41) is 18.7. The van der Waals surface area contributed by atoms with Gasteiger partial charge in [-0.1, -0.05) is 12.1 Å². The molecule has 0 aliphatic carbocycles. The lowest BCUT2D eigenvalue weighted by Gasteiger charge is -2.10. The second-order valence-corrected chi connectivity index (χ2v) is 3.89. The molecule has 0 radical (unpaired) electrons. The average molecular weight is 240 g/mol. The van der Waals surface area contributed by atoms with Gasteiger partial charge in [0, 0.05) is 11.8 Å². The first-order valence-corrected chi connectivity index (χ1v) is 5.38.